The number of hydrogen-bond acceptors (Lipinski definition) is 4. The van der Waals surface area contributed by atoms with Crippen molar-refractivity contribution in [1.82, 2.24) is 4.98 Å². The number of carboxylic acid groups (broad SMARTS) is 1. The summed E-state index contributed by atoms with van der Waals surface area (Å²) in [6.07, 6.45) is 2.47. The number of carboxylic acids is 1. The van der Waals surface area contributed by atoms with Crippen molar-refractivity contribution in [3.63, 3.8) is 0 Å². The van der Waals surface area contributed by atoms with Crippen molar-refractivity contribution in [3.05, 3.63) is 90.1 Å². The van der Waals surface area contributed by atoms with Gasteiger partial charge in [0.05, 0.1) is 16.4 Å². The van der Waals surface area contributed by atoms with Crippen molar-refractivity contribution >= 4 is 51.8 Å². The van der Waals surface area contributed by atoms with Crippen LogP contribution in [-0.2, 0) is 4.79 Å². The van der Waals surface area contributed by atoms with E-state index in [9.17, 15) is 19.5 Å². The largest absolute Gasteiger partial charge is 0.478 e. The molecule has 0 aliphatic heterocycles. The number of aromatic nitrogens is 1. The summed E-state index contributed by atoms with van der Waals surface area (Å²) in [6, 6.07) is 20.9. The Kier molecular flexibility index (Phi) is 6.98. The highest BCUT2D eigenvalue weighted by molar-refractivity contribution is 8.00. The van der Waals surface area contributed by atoms with Gasteiger partial charge in [0.15, 0.2) is 0 Å². The van der Waals surface area contributed by atoms with Crippen LogP contribution in [-0.4, -0.2) is 33.1 Å². The summed E-state index contributed by atoms with van der Waals surface area (Å²) >= 11 is 1.40. The molecule has 0 aliphatic carbocycles. The quantitative estimate of drug-likeness (QED) is 0.248. The second-order valence-corrected chi connectivity index (χ2v) is 8.89. The lowest BCUT2D eigenvalue weighted by molar-refractivity contribution is -0.115. The fourth-order valence-electron chi connectivity index (χ4n) is 3.55. The van der Waals surface area contributed by atoms with Crippen LogP contribution in [0, 0.1) is 0 Å². The number of nitrogens with one attached hydrogen (secondary N) is 3. The predicted molar refractivity (Wildman–Crippen MR) is 135 cm³/mol. The molecule has 1 unspecified atom stereocenters. The zero-order valence-electron chi connectivity index (χ0n) is 18.4. The molecule has 1 atom stereocenters. The number of aromatic amines is 1. The molecule has 4 N–H and O–H groups in total. The van der Waals surface area contributed by atoms with E-state index in [0.29, 0.717) is 12.1 Å². The molecule has 0 bridgehead atoms. The fraction of sp³-hybridized carbons (Fsp3) is 0.115. The minimum atomic E-state index is -1.16. The third kappa shape index (κ3) is 5.29. The number of H-pyrrole nitrogens is 1. The highest BCUT2D eigenvalue weighted by atomic mass is 32.2. The predicted octanol–water partition coefficient (Wildman–Crippen LogP) is 5.63. The average Bonchev–Trinajstić information content (AvgIpc) is 3.30. The van der Waals surface area contributed by atoms with Gasteiger partial charge in [0.2, 0.25) is 5.91 Å². The van der Waals surface area contributed by atoms with Crippen LogP contribution in [0.1, 0.15) is 34.1 Å². The SMILES string of the molecule is CCC(Sc1cccc(NC(=O)c2ccccc2C(=O)O)c1)C(=O)Nc1ccc2cc[nH]c2c1. The monoisotopic (exact) mass is 473 g/mol. The minimum absolute atomic E-state index is 0.0641. The Balaban J connectivity index is 1.44. The molecule has 0 aliphatic rings. The van der Waals surface area contributed by atoms with E-state index in [4.69, 9.17) is 0 Å². The number of rotatable bonds is 8. The van der Waals surface area contributed by atoms with Crippen LogP contribution >= 0.6 is 11.8 Å². The maximum atomic E-state index is 12.9. The lowest BCUT2D eigenvalue weighted by Crippen LogP contribution is -2.24. The van der Waals surface area contributed by atoms with E-state index in [0.717, 1.165) is 21.5 Å². The van der Waals surface area contributed by atoms with Gasteiger partial charge in [0.25, 0.3) is 5.91 Å². The number of thioether (sulfide) groups is 1. The average molecular weight is 474 g/mol. The Bertz CT molecular complexity index is 1360. The number of carbonyl (C=O) groups is 3. The number of hydrogen-bond donors (Lipinski definition) is 4. The number of benzene rings is 3. The van der Waals surface area contributed by atoms with Crippen molar-refractivity contribution in [1.29, 1.82) is 0 Å². The first-order valence-electron chi connectivity index (χ1n) is 10.7. The molecular formula is C26H23N3O4S. The number of fused-ring (bicyclic) bond motifs is 1. The molecule has 4 aromatic rings. The van der Waals surface area contributed by atoms with Gasteiger partial charge in [-0.2, -0.15) is 0 Å². The summed E-state index contributed by atoms with van der Waals surface area (Å²) < 4.78 is 0. The second kappa shape index (κ2) is 10.3. The summed E-state index contributed by atoms with van der Waals surface area (Å²) in [6.45, 7) is 1.94. The van der Waals surface area contributed by atoms with Gasteiger partial charge in [-0.3, -0.25) is 9.59 Å². The molecule has 7 nitrogen and oxygen atoms in total. The highest BCUT2D eigenvalue weighted by Gasteiger charge is 2.19. The third-order valence-electron chi connectivity index (χ3n) is 5.26. The van der Waals surface area contributed by atoms with E-state index in [-0.39, 0.29) is 22.3 Å². The second-order valence-electron chi connectivity index (χ2n) is 7.62. The fourth-order valence-corrected chi connectivity index (χ4v) is 4.56. The summed E-state index contributed by atoms with van der Waals surface area (Å²) in [5.41, 5.74) is 2.20. The Hall–Kier alpha value is -4.04. The van der Waals surface area contributed by atoms with E-state index in [1.54, 1.807) is 30.3 Å². The van der Waals surface area contributed by atoms with E-state index in [1.807, 2.05) is 43.5 Å². The van der Waals surface area contributed by atoms with Crippen LogP contribution in [0.2, 0.25) is 0 Å². The zero-order valence-corrected chi connectivity index (χ0v) is 19.2. The lowest BCUT2D eigenvalue weighted by atomic mass is 10.1. The van der Waals surface area contributed by atoms with Gasteiger partial charge in [0, 0.05) is 28.0 Å². The van der Waals surface area contributed by atoms with Crippen molar-refractivity contribution in [2.24, 2.45) is 0 Å². The molecule has 2 amide bonds. The molecule has 172 valence electrons. The molecule has 0 saturated carbocycles. The molecule has 1 aromatic heterocycles. The van der Waals surface area contributed by atoms with Gasteiger partial charge in [-0.25, -0.2) is 4.79 Å². The molecule has 4 rings (SSSR count). The number of carbonyl (C=O) groups excluding carboxylic acids is 2. The van der Waals surface area contributed by atoms with Crippen LogP contribution in [0.5, 0.6) is 0 Å². The number of amides is 2. The molecule has 3 aromatic carbocycles. The van der Waals surface area contributed by atoms with E-state index >= 15 is 0 Å². The van der Waals surface area contributed by atoms with E-state index < -0.39 is 11.9 Å². The number of anilines is 2. The normalized spacial score (nSPS) is 11.7. The Labute approximate surface area is 200 Å². The van der Waals surface area contributed by atoms with Gasteiger partial charge in [-0.05, 0) is 60.3 Å². The van der Waals surface area contributed by atoms with Crippen molar-refractivity contribution in [2.45, 2.75) is 23.5 Å². The first-order chi connectivity index (χ1) is 16.4. The summed E-state index contributed by atoms with van der Waals surface area (Å²) in [4.78, 5) is 40.9. The van der Waals surface area contributed by atoms with Gasteiger partial charge < -0.3 is 20.7 Å². The van der Waals surface area contributed by atoms with Gasteiger partial charge >= 0.3 is 5.97 Å². The standard InChI is InChI=1S/C26H23N3O4S/c1-2-23(25(31)29-18-11-10-16-12-13-27-22(16)15-18)34-19-7-5-6-17(14-19)28-24(30)20-8-3-4-9-21(20)26(32)33/h3-15,23,27H,2H2,1H3,(H,28,30)(H,29,31)(H,32,33). The smallest absolute Gasteiger partial charge is 0.336 e. The first kappa shape index (κ1) is 23.1. The number of aromatic carboxylic acids is 1. The van der Waals surface area contributed by atoms with Crippen LogP contribution in [0.25, 0.3) is 10.9 Å². The highest BCUT2D eigenvalue weighted by Crippen LogP contribution is 2.29. The van der Waals surface area contributed by atoms with Crippen LogP contribution in [0.3, 0.4) is 0 Å². The topological polar surface area (TPSA) is 111 Å². The van der Waals surface area contributed by atoms with Crippen molar-refractivity contribution in [3.8, 4) is 0 Å². The van der Waals surface area contributed by atoms with Crippen LogP contribution in [0.4, 0.5) is 11.4 Å². The Morgan fingerprint density at radius 3 is 2.44 bits per heavy atom. The molecule has 34 heavy (non-hydrogen) atoms. The Morgan fingerprint density at radius 1 is 0.912 bits per heavy atom. The molecule has 1 heterocycles. The third-order valence-corrected chi connectivity index (χ3v) is 6.62. The molecule has 0 saturated heterocycles. The maximum Gasteiger partial charge on any atom is 0.336 e. The first-order valence-corrected chi connectivity index (χ1v) is 11.6. The lowest BCUT2D eigenvalue weighted by Gasteiger charge is -2.16. The van der Waals surface area contributed by atoms with Crippen LogP contribution in [0.15, 0.2) is 83.9 Å². The molecule has 0 fully saturated rings. The molecule has 8 heteroatoms. The molecular weight excluding hydrogens is 450 g/mol. The Morgan fingerprint density at radius 2 is 1.68 bits per heavy atom. The molecule has 0 spiro atoms. The van der Waals surface area contributed by atoms with Crippen molar-refractivity contribution in [2.75, 3.05) is 10.6 Å². The zero-order chi connectivity index (χ0) is 24.1. The van der Waals surface area contributed by atoms with Gasteiger partial charge in [-0.15, -0.1) is 11.8 Å². The van der Waals surface area contributed by atoms with Gasteiger partial charge in [0.1, 0.15) is 0 Å². The molecule has 0 radical (unpaired) electrons. The van der Waals surface area contributed by atoms with Crippen LogP contribution < -0.4 is 10.6 Å². The van der Waals surface area contributed by atoms with E-state index in [1.165, 1.54) is 23.9 Å². The summed E-state index contributed by atoms with van der Waals surface area (Å²) in [5.74, 6) is -1.78. The van der Waals surface area contributed by atoms with Gasteiger partial charge in [-0.1, -0.05) is 31.2 Å². The summed E-state index contributed by atoms with van der Waals surface area (Å²) in [5, 5.41) is 15.8. The maximum absolute atomic E-state index is 12.9. The van der Waals surface area contributed by atoms with E-state index in [2.05, 4.69) is 15.6 Å². The summed E-state index contributed by atoms with van der Waals surface area (Å²) in [7, 11) is 0. The van der Waals surface area contributed by atoms with Crippen molar-refractivity contribution < 1.29 is 19.5 Å². The minimum Gasteiger partial charge on any atom is -0.478 e.